The fourth-order valence-electron chi connectivity index (χ4n) is 9.42. The molecule has 142 valence electrons. The van der Waals surface area contributed by atoms with E-state index in [1.165, 1.54) is 57.8 Å². The van der Waals surface area contributed by atoms with Crippen LogP contribution >= 0.6 is 0 Å². The monoisotopic (exact) mass is 354 g/mol. The van der Waals surface area contributed by atoms with Crippen molar-refractivity contribution in [1.82, 2.24) is 0 Å². The van der Waals surface area contributed by atoms with E-state index in [1.54, 1.807) is 0 Å². The van der Waals surface area contributed by atoms with Gasteiger partial charge in [-0.2, -0.15) is 0 Å². The van der Waals surface area contributed by atoms with Gasteiger partial charge in [0.05, 0.1) is 0 Å². The van der Waals surface area contributed by atoms with E-state index in [0.717, 1.165) is 31.1 Å². The fourth-order valence-corrected chi connectivity index (χ4v) is 9.42. The van der Waals surface area contributed by atoms with Gasteiger partial charge in [0.2, 0.25) is 0 Å². The molecule has 6 saturated carbocycles. The van der Waals surface area contributed by atoms with Crippen LogP contribution < -0.4 is 0 Å². The molecular weight excluding hydrogens is 320 g/mol. The normalized spacial score (nSPS) is 55.5. The second kappa shape index (κ2) is 5.92. The number of Topliss-reactive ketones (excluding diaryl/α,β-unsaturated/α-hetero) is 2. The summed E-state index contributed by atoms with van der Waals surface area (Å²) < 4.78 is 0. The third-order valence-electron chi connectivity index (χ3n) is 10.2. The topological polar surface area (TPSA) is 34.1 Å². The van der Waals surface area contributed by atoms with Gasteiger partial charge in [-0.3, -0.25) is 9.59 Å². The molecule has 2 heteroatoms. The Bertz CT molecular complexity index is 624. The summed E-state index contributed by atoms with van der Waals surface area (Å²) in [5.74, 6) is 6.48. The molecular formula is C24H34O2. The molecule has 2 nitrogen and oxygen atoms in total. The van der Waals surface area contributed by atoms with Crippen molar-refractivity contribution in [3.8, 4) is 0 Å². The van der Waals surface area contributed by atoms with E-state index in [-0.39, 0.29) is 11.8 Å². The van der Waals surface area contributed by atoms with Crippen molar-refractivity contribution in [3.05, 3.63) is 0 Å². The van der Waals surface area contributed by atoms with Gasteiger partial charge in [0.15, 0.2) is 0 Å². The Labute approximate surface area is 157 Å². The second-order valence-corrected chi connectivity index (χ2v) is 10.8. The Balaban J connectivity index is 1.39. The lowest BCUT2D eigenvalue weighted by Gasteiger charge is -2.47. The molecule has 0 aromatic rings. The molecule has 6 fully saturated rings. The van der Waals surface area contributed by atoms with Gasteiger partial charge in [-0.1, -0.05) is 32.1 Å². The molecule has 0 N–H and O–H groups in total. The average molecular weight is 355 g/mol. The number of hydrogen-bond acceptors (Lipinski definition) is 2. The van der Waals surface area contributed by atoms with Gasteiger partial charge >= 0.3 is 0 Å². The minimum Gasteiger partial charge on any atom is -0.299 e. The van der Waals surface area contributed by atoms with E-state index in [2.05, 4.69) is 0 Å². The first kappa shape index (κ1) is 16.3. The first-order valence-corrected chi connectivity index (χ1v) is 11.8. The Morgan fingerprint density at radius 2 is 1.19 bits per heavy atom. The van der Waals surface area contributed by atoms with Crippen molar-refractivity contribution in [2.45, 2.75) is 77.0 Å². The molecule has 0 heterocycles. The summed E-state index contributed by atoms with van der Waals surface area (Å²) >= 11 is 0. The summed E-state index contributed by atoms with van der Waals surface area (Å²) in [6.45, 7) is 0. The highest BCUT2D eigenvalue weighted by molar-refractivity contribution is 5.92. The molecule has 10 unspecified atom stereocenters. The van der Waals surface area contributed by atoms with Crippen LogP contribution in [0.2, 0.25) is 0 Å². The van der Waals surface area contributed by atoms with Crippen molar-refractivity contribution in [3.63, 3.8) is 0 Å². The van der Waals surface area contributed by atoms with Gasteiger partial charge in [-0.15, -0.1) is 0 Å². The Morgan fingerprint density at radius 1 is 0.500 bits per heavy atom. The van der Waals surface area contributed by atoms with Gasteiger partial charge in [0.25, 0.3) is 0 Å². The quantitative estimate of drug-likeness (QED) is 0.610. The molecule has 0 aromatic heterocycles. The molecule has 6 rings (SSSR count). The van der Waals surface area contributed by atoms with Crippen molar-refractivity contribution in [2.75, 3.05) is 0 Å². The van der Waals surface area contributed by atoms with Gasteiger partial charge < -0.3 is 0 Å². The van der Waals surface area contributed by atoms with Crippen LogP contribution in [-0.4, -0.2) is 11.6 Å². The lowest BCUT2D eigenvalue weighted by molar-refractivity contribution is -0.130. The molecule has 0 saturated heterocycles. The molecule has 0 bridgehead atoms. The van der Waals surface area contributed by atoms with Gasteiger partial charge in [0.1, 0.15) is 11.6 Å². The van der Waals surface area contributed by atoms with Crippen molar-refractivity contribution in [1.29, 1.82) is 0 Å². The first-order valence-electron chi connectivity index (χ1n) is 11.8. The largest absolute Gasteiger partial charge is 0.299 e. The number of ketones is 2. The zero-order chi connectivity index (χ0) is 17.4. The van der Waals surface area contributed by atoms with Gasteiger partial charge in [-0.25, -0.2) is 0 Å². The highest BCUT2D eigenvalue weighted by Crippen LogP contribution is 2.64. The standard InChI is InChI=1S/C24H34O2/c25-23-18-10-9-13-5-1-2-6-14(13)20(18)21-19(23)12-11-16-15-7-3-4-8-17(15)24(26)22(16)21/h13-22H,1-12H2. The van der Waals surface area contributed by atoms with Crippen molar-refractivity contribution < 1.29 is 9.59 Å². The maximum Gasteiger partial charge on any atom is 0.139 e. The van der Waals surface area contributed by atoms with Crippen LogP contribution in [0.5, 0.6) is 0 Å². The van der Waals surface area contributed by atoms with Crippen LogP contribution in [0, 0.1) is 59.2 Å². The van der Waals surface area contributed by atoms with Crippen LogP contribution in [0.25, 0.3) is 0 Å². The van der Waals surface area contributed by atoms with E-state index in [0.29, 0.717) is 47.1 Å². The maximum absolute atomic E-state index is 13.5. The van der Waals surface area contributed by atoms with E-state index >= 15 is 0 Å². The molecule has 6 aliphatic rings. The predicted molar refractivity (Wildman–Crippen MR) is 100 cm³/mol. The van der Waals surface area contributed by atoms with Crippen LogP contribution in [0.15, 0.2) is 0 Å². The summed E-state index contributed by atoms with van der Waals surface area (Å²) in [6, 6.07) is 0. The summed E-state index contributed by atoms with van der Waals surface area (Å²) in [4.78, 5) is 26.9. The zero-order valence-corrected chi connectivity index (χ0v) is 16.1. The predicted octanol–water partition coefficient (Wildman–Crippen LogP) is 5.05. The smallest absolute Gasteiger partial charge is 0.139 e. The molecule has 6 aliphatic carbocycles. The van der Waals surface area contributed by atoms with Gasteiger partial charge in [-0.05, 0) is 80.5 Å². The highest BCUT2D eigenvalue weighted by atomic mass is 16.1. The summed E-state index contributed by atoms with van der Waals surface area (Å²) in [7, 11) is 0. The second-order valence-electron chi connectivity index (χ2n) is 10.8. The molecule has 0 aromatic carbocycles. The van der Waals surface area contributed by atoms with Crippen LogP contribution in [-0.2, 0) is 9.59 Å². The van der Waals surface area contributed by atoms with Crippen molar-refractivity contribution in [2.24, 2.45) is 59.2 Å². The third kappa shape index (κ3) is 2.05. The van der Waals surface area contributed by atoms with E-state index < -0.39 is 0 Å². The van der Waals surface area contributed by atoms with Crippen LogP contribution in [0.3, 0.4) is 0 Å². The molecule has 0 radical (unpaired) electrons. The minimum absolute atomic E-state index is 0.260. The number of hydrogen-bond donors (Lipinski definition) is 0. The SMILES string of the molecule is O=C1C2CCC3CCCCC3C2C2C1CCC1C3CCCCC3C(=O)C12. The number of fused-ring (bicyclic) bond motifs is 9. The summed E-state index contributed by atoms with van der Waals surface area (Å²) in [5.41, 5.74) is 0. The Kier molecular flexibility index (Phi) is 3.71. The molecule has 0 spiro atoms. The van der Waals surface area contributed by atoms with E-state index in [4.69, 9.17) is 0 Å². The first-order chi connectivity index (χ1) is 12.8. The molecule has 26 heavy (non-hydrogen) atoms. The minimum atomic E-state index is 0.260. The molecule has 10 atom stereocenters. The highest BCUT2D eigenvalue weighted by Gasteiger charge is 2.65. The number of carbonyl (C=O) groups is 2. The Morgan fingerprint density at radius 3 is 2.08 bits per heavy atom. The van der Waals surface area contributed by atoms with Crippen molar-refractivity contribution >= 4 is 11.6 Å². The summed E-state index contributed by atoms with van der Waals surface area (Å²) in [6.07, 6.45) is 15.3. The fraction of sp³-hybridized carbons (Fsp3) is 0.917. The lowest BCUT2D eigenvalue weighted by atomic mass is 9.56. The third-order valence-corrected chi connectivity index (χ3v) is 10.2. The number of rotatable bonds is 0. The average Bonchev–Trinajstić information content (AvgIpc) is 3.15. The van der Waals surface area contributed by atoms with Crippen LogP contribution in [0.4, 0.5) is 0 Å². The van der Waals surface area contributed by atoms with Crippen LogP contribution in [0.1, 0.15) is 77.0 Å². The maximum atomic E-state index is 13.5. The van der Waals surface area contributed by atoms with E-state index in [9.17, 15) is 9.59 Å². The lowest BCUT2D eigenvalue weighted by Crippen LogP contribution is -2.43. The number of carbonyl (C=O) groups excluding carboxylic acids is 2. The summed E-state index contributed by atoms with van der Waals surface area (Å²) in [5, 5.41) is 0. The van der Waals surface area contributed by atoms with Gasteiger partial charge in [0, 0.05) is 23.7 Å². The Hall–Kier alpha value is -0.660. The molecule has 0 aliphatic heterocycles. The van der Waals surface area contributed by atoms with E-state index in [1.807, 2.05) is 0 Å². The zero-order valence-electron chi connectivity index (χ0n) is 16.1. The molecule has 0 amide bonds.